The Kier molecular flexibility index (Phi) is 5.99. The van der Waals surface area contributed by atoms with Gasteiger partial charge in [0.1, 0.15) is 0 Å². The normalized spacial score (nSPS) is 9.85. The lowest BCUT2D eigenvalue weighted by atomic mass is 10.2. The molecule has 6 nitrogen and oxygen atoms in total. The van der Waals surface area contributed by atoms with Crippen LogP contribution in [0.1, 0.15) is 24.6 Å². The molecule has 108 valence electrons. The number of nitrogen functional groups attached to an aromatic ring is 1. The summed E-state index contributed by atoms with van der Waals surface area (Å²) in [4.78, 5) is 15.8. The van der Waals surface area contributed by atoms with Gasteiger partial charge in [-0.3, -0.25) is 4.79 Å². The summed E-state index contributed by atoms with van der Waals surface area (Å²) in [5, 5.41) is 6.46. The molecule has 1 amide bonds. The molecule has 1 aromatic heterocycles. The molecule has 20 heavy (non-hydrogen) atoms. The lowest BCUT2D eigenvalue weighted by Gasteiger charge is -2.06. The van der Waals surface area contributed by atoms with Gasteiger partial charge in [0.2, 0.25) is 11.8 Å². The van der Waals surface area contributed by atoms with Crippen LogP contribution in [0.25, 0.3) is 0 Å². The first-order chi connectivity index (χ1) is 9.15. The van der Waals surface area contributed by atoms with Gasteiger partial charge in [0, 0.05) is 12.8 Å². The zero-order valence-electron chi connectivity index (χ0n) is 11.1. The molecule has 1 aromatic carbocycles. The molecule has 0 aliphatic heterocycles. The van der Waals surface area contributed by atoms with Crippen LogP contribution in [0.2, 0.25) is 0 Å². The largest absolute Gasteiger partial charge is 0.397 e. The Bertz CT molecular complexity index is 571. The van der Waals surface area contributed by atoms with Crippen LogP contribution in [0, 0.1) is 6.92 Å². The van der Waals surface area contributed by atoms with E-state index in [1.165, 1.54) is 0 Å². The Labute approximate surface area is 123 Å². The van der Waals surface area contributed by atoms with Gasteiger partial charge in [-0.05, 0) is 25.5 Å². The second-order valence-electron chi connectivity index (χ2n) is 4.22. The van der Waals surface area contributed by atoms with Crippen LogP contribution in [-0.4, -0.2) is 16.0 Å². The first-order valence-corrected chi connectivity index (χ1v) is 6.08. The summed E-state index contributed by atoms with van der Waals surface area (Å²) >= 11 is 0. The number of nitrogens with two attached hydrogens (primary N) is 1. The summed E-state index contributed by atoms with van der Waals surface area (Å²) in [5.41, 5.74) is 6.94. The molecule has 0 aliphatic rings. The predicted octanol–water partition coefficient (Wildman–Crippen LogP) is 2.34. The van der Waals surface area contributed by atoms with E-state index in [4.69, 9.17) is 10.3 Å². The SMILES string of the molecule is Cc1noc(CCCC(=O)Nc2ccccc2N)n1.Cl. The second kappa shape index (κ2) is 7.49. The number of carbonyl (C=O) groups is 1. The Balaban J connectivity index is 0.00000200. The minimum Gasteiger partial charge on any atom is -0.397 e. The molecule has 0 atom stereocenters. The van der Waals surface area contributed by atoms with Crippen molar-refractivity contribution in [3.05, 3.63) is 36.0 Å². The van der Waals surface area contributed by atoms with Crippen molar-refractivity contribution in [2.75, 3.05) is 11.1 Å². The van der Waals surface area contributed by atoms with Crippen LogP contribution >= 0.6 is 12.4 Å². The van der Waals surface area contributed by atoms with E-state index in [9.17, 15) is 4.79 Å². The van der Waals surface area contributed by atoms with Crippen molar-refractivity contribution in [3.63, 3.8) is 0 Å². The smallest absolute Gasteiger partial charge is 0.226 e. The van der Waals surface area contributed by atoms with E-state index in [0.29, 0.717) is 42.4 Å². The van der Waals surface area contributed by atoms with Crippen molar-refractivity contribution < 1.29 is 9.32 Å². The van der Waals surface area contributed by atoms with Crippen molar-refractivity contribution in [3.8, 4) is 0 Å². The Morgan fingerprint density at radius 2 is 2.15 bits per heavy atom. The number of aromatic nitrogens is 2. The molecule has 0 unspecified atom stereocenters. The summed E-state index contributed by atoms with van der Waals surface area (Å²) in [6.07, 6.45) is 1.63. The lowest BCUT2D eigenvalue weighted by Crippen LogP contribution is -2.12. The third-order valence-corrected chi connectivity index (χ3v) is 2.60. The molecule has 0 bridgehead atoms. The molecule has 0 radical (unpaired) electrons. The minimum atomic E-state index is -0.0749. The fourth-order valence-corrected chi connectivity index (χ4v) is 1.67. The number of hydrogen-bond acceptors (Lipinski definition) is 5. The lowest BCUT2D eigenvalue weighted by molar-refractivity contribution is -0.116. The molecular formula is C13H17ClN4O2. The number of amides is 1. The number of rotatable bonds is 5. The number of nitrogens with one attached hydrogen (secondary N) is 1. The highest BCUT2D eigenvalue weighted by molar-refractivity contribution is 5.93. The average Bonchev–Trinajstić information content (AvgIpc) is 2.78. The van der Waals surface area contributed by atoms with E-state index in [1.54, 1.807) is 19.1 Å². The fraction of sp³-hybridized carbons (Fsp3) is 0.308. The van der Waals surface area contributed by atoms with Gasteiger partial charge in [-0.1, -0.05) is 17.3 Å². The number of hydrogen-bond donors (Lipinski definition) is 2. The zero-order valence-corrected chi connectivity index (χ0v) is 11.9. The number of carbonyl (C=O) groups excluding carboxylic acids is 1. The van der Waals surface area contributed by atoms with Gasteiger partial charge in [0.05, 0.1) is 11.4 Å². The van der Waals surface area contributed by atoms with Gasteiger partial charge in [-0.15, -0.1) is 12.4 Å². The monoisotopic (exact) mass is 296 g/mol. The van der Waals surface area contributed by atoms with E-state index >= 15 is 0 Å². The molecular weight excluding hydrogens is 280 g/mol. The molecule has 0 saturated heterocycles. The van der Waals surface area contributed by atoms with Crippen molar-refractivity contribution in [2.24, 2.45) is 0 Å². The maximum absolute atomic E-state index is 11.7. The number of nitrogens with zero attached hydrogens (tertiary/aromatic N) is 2. The van der Waals surface area contributed by atoms with Crippen molar-refractivity contribution in [2.45, 2.75) is 26.2 Å². The number of para-hydroxylation sites is 2. The molecule has 2 rings (SSSR count). The van der Waals surface area contributed by atoms with Crippen molar-refractivity contribution in [1.82, 2.24) is 10.1 Å². The maximum atomic E-state index is 11.7. The Hall–Kier alpha value is -2.08. The quantitative estimate of drug-likeness (QED) is 0.826. The molecule has 2 aromatic rings. The van der Waals surface area contributed by atoms with Gasteiger partial charge < -0.3 is 15.6 Å². The van der Waals surface area contributed by atoms with Crippen molar-refractivity contribution >= 4 is 29.7 Å². The minimum absolute atomic E-state index is 0. The van der Waals surface area contributed by atoms with Crippen LogP contribution in [0.15, 0.2) is 28.8 Å². The van der Waals surface area contributed by atoms with E-state index in [1.807, 2.05) is 12.1 Å². The fourth-order valence-electron chi connectivity index (χ4n) is 1.67. The summed E-state index contributed by atoms with van der Waals surface area (Å²) < 4.78 is 4.97. The third-order valence-electron chi connectivity index (χ3n) is 2.60. The van der Waals surface area contributed by atoms with Gasteiger partial charge >= 0.3 is 0 Å². The van der Waals surface area contributed by atoms with E-state index < -0.39 is 0 Å². The summed E-state index contributed by atoms with van der Waals surface area (Å²) in [6.45, 7) is 1.76. The number of aryl methyl sites for hydroxylation is 2. The highest BCUT2D eigenvalue weighted by Crippen LogP contribution is 2.17. The van der Waals surface area contributed by atoms with Crippen LogP contribution < -0.4 is 11.1 Å². The van der Waals surface area contributed by atoms with Gasteiger partial charge in [0.15, 0.2) is 5.82 Å². The Morgan fingerprint density at radius 1 is 1.40 bits per heavy atom. The van der Waals surface area contributed by atoms with Crippen LogP contribution in [0.4, 0.5) is 11.4 Å². The summed E-state index contributed by atoms with van der Waals surface area (Å²) in [7, 11) is 0. The van der Waals surface area contributed by atoms with E-state index in [-0.39, 0.29) is 18.3 Å². The number of benzene rings is 1. The highest BCUT2D eigenvalue weighted by Gasteiger charge is 2.07. The molecule has 1 heterocycles. The second-order valence-corrected chi connectivity index (χ2v) is 4.22. The topological polar surface area (TPSA) is 94.0 Å². The molecule has 0 saturated carbocycles. The number of halogens is 1. The molecule has 0 spiro atoms. The average molecular weight is 297 g/mol. The van der Waals surface area contributed by atoms with Gasteiger partial charge in [0.25, 0.3) is 0 Å². The van der Waals surface area contributed by atoms with Crippen molar-refractivity contribution in [1.29, 1.82) is 0 Å². The number of anilines is 2. The molecule has 0 fully saturated rings. The maximum Gasteiger partial charge on any atom is 0.226 e. The van der Waals surface area contributed by atoms with E-state index in [2.05, 4.69) is 15.5 Å². The van der Waals surface area contributed by atoms with E-state index in [0.717, 1.165) is 0 Å². The van der Waals surface area contributed by atoms with Crippen LogP contribution in [0.5, 0.6) is 0 Å². The molecule has 7 heteroatoms. The highest BCUT2D eigenvalue weighted by atomic mass is 35.5. The Morgan fingerprint density at radius 3 is 2.80 bits per heavy atom. The molecule has 0 aliphatic carbocycles. The first-order valence-electron chi connectivity index (χ1n) is 6.08. The zero-order chi connectivity index (χ0) is 13.7. The summed E-state index contributed by atoms with van der Waals surface area (Å²) in [6, 6.07) is 7.17. The first kappa shape index (κ1) is 16.0. The van der Waals surface area contributed by atoms with Gasteiger partial charge in [-0.25, -0.2) is 0 Å². The predicted molar refractivity (Wildman–Crippen MR) is 78.7 cm³/mol. The molecule has 3 N–H and O–H groups in total. The summed E-state index contributed by atoms with van der Waals surface area (Å²) in [5.74, 6) is 1.09. The van der Waals surface area contributed by atoms with Gasteiger partial charge in [-0.2, -0.15) is 4.98 Å². The third kappa shape index (κ3) is 4.55. The van der Waals surface area contributed by atoms with Crippen LogP contribution in [-0.2, 0) is 11.2 Å². The standard InChI is InChI=1S/C13H16N4O2.ClH/c1-9-15-13(19-17-9)8-4-7-12(18)16-11-6-3-2-5-10(11)14;/h2-3,5-6H,4,7-8,14H2,1H3,(H,16,18);1H. The van der Waals surface area contributed by atoms with Crippen LogP contribution in [0.3, 0.4) is 0 Å².